The monoisotopic (exact) mass is 289 g/mol. The Bertz CT molecular complexity index is 598. The number of halogens is 1. The van der Waals surface area contributed by atoms with Gasteiger partial charge in [0, 0.05) is 24.3 Å². The van der Waals surface area contributed by atoms with Crippen LogP contribution in [0.4, 0.5) is 5.69 Å². The summed E-state index contributed by atoms with van der Waals surface area (Å²) in [5.41, 5.74) is 7.86. The summed E-state index contributed by atoms with van der Waals surface area (Å²) >= 11 is 5.93. The van der Waals surface area contributed by atoms with Crippen molar-refractivity contribution < 1.29 is 4.79 Å². The molecular formula is C15H16ClN3O. The molecule has 2 N–H and O–H groups in total. The highest BCUT2D eigenvalue weighted by molar-refractivity contribution is 6.30. The third-order valence-corrected chi connectivity index (χ3v) is 3.15. The number of carbonyl (C=O) groups is 1. The van der Waals surface area contributed by atoms with E-state index in [2.05, 4.69) is 4.98 Å². The van der Waals surface area contributed by atoms with Gasteiger partial charge in [-0.2, -0.15) is 0 Å². The van der Waals surface area contributed by atoms with Gasteiger partial charge in [0.1, 0.15) is 0 Å². The number of hydrogen-bond donors (Lipinski definition) is 1. The van der Waals surface area contributed by atoms with E-state index >= 15 is 0 Å². The zero-order chi connectivity index (χ0) is 14.5. The number of nitrogens with zero attached hydrogens (tertiary/aromatic N) is 2. The number of nitrogen functional groups attached to an aromatic ring is 1. The molecule has 0 saturated carbocycles. The SMILES string of the molecule is CN(Cc1cccc(Cl)c1)C(=O)Cc1ccc(N)cn1. The van der Waals surface area contributed by atoms with E-state index in [0.29, 0.717) is 22.9 Å². The van der Waals surface area contributed by atoms with E-state index in [1.165, 1.54) is 0 Å². The topological polar surface area (TPSA) is 59.2 Å². The van der Waals surface area contributed by atoms with Gasteiger partial charge in [-0.3, -0.25) is 9.78 Å². The quantitative estimate of drug-likeness (QED) is 0.941. The molecule has 4 nitrogen and oxygen atoms in total. The Labute approximate surface area is 123 Å². The Morgan fingerprint density at radius 1 is 1.35 bits per heavy atom. The molecule has 104 valence electrons. The van der Waals surface area contributed by atoms with Crippen molar-refractivity contribution in [3.8, 4) is 0 Å². The molecule has 1 aromatic carbocycles. The lowest BCUT2D eigenvalue weighted by Gasteiger charge is -2.17. The van der Waals surface area contributed by atoms with Crippen LogP contribution in [-0.4, -0.2) is 22.8 Å². The predicted octanol–water partition coefficient (Wildman–Crippen LogP) is 2.52. The number of pyridine rings is 1. The fraction of sp³-hybridized carbons (Fsp3) is 0.200. The van der Waals surface area contributed by atoms with Gasteiger partial charge < -0.3 is 10.6 Å². The van der Waals surface area contributed by atoms with E-state index < -0.39 is 0 Å². The second-order valence-electron chi connectivity index (χ2n) is 4.64. The summed E-state index contributed by atoms with van der Waals surface area (Å²) in [6, 6.07) is 11.0. The fourth-order valence-corrected chi connectivity index (χ4v) is 2.04. The van der Waals surface area contributed by atoms with E-state index in [1.54, 1.807) is 30.3 Å². The molecule has 0 aliphatic carbocycles. The normalized spacial score (nSPS) is 10.3. The molecule has 0 atom stereocenters. The highest BCUT2D eigenvalue weighted by Gasteiger charge is 2.11. The molecule has 20 heavy (non-hydrogen) atoms. The summed E-state index contributed by atoms with van der Waals surface area (Å²) in [4.78, 5) is 17.9. The number of aromatic nitrogens is 1. The summed E-state index contributed by atoms with van der Waals surface area (Å²) in [5, 5.41) is 0.670. The Morgan fingerprint density at radius 2 is 2.15 bits per heavy atom. The summed E-state index contributed by atoms with van der Waals surface area (Å²) in [6.07, 6.45) is 1.82. The maximum absolute atomic E-state index is 12.1. The van der Waals surface area contributed by atoms with Crippen LogP contribution in [0.15, 0.2) is 42.6 Å². The van der Waals surface area contributed by atoms with Crippen molar-refractivity contribution in [3.63, 3.8) is 0 Å². The Morgan fingerprint density at radius 3 is 2.80 bits per heavy atom. The Kier molecular flexibility index (Phi) is 4.58. The lowest BCUT2D eigenvalue weighted by atomic mass is 10.2. The van der Waals surface area contributed by atoms with Gasteiger partial charge in [0.2, 0.25) is 5.91 Å². The molecule has 0 bridgehead atoms. The minimum atomic E-state index is 0.00208. The van der Waals surface area contributed by atoms with Crippen molar-refractivity contribution >= 4 is 23.2 Å². The molecule has 1 heterocycles. The van der Waals surface area contributed by atoms with Crippen molar-refractivity contribution in [2.75, 3.05) is 12.8 Å². The summed E-state index contributed by atoms with van der Waals surface area (Å²) in [7, 11) is 1.76. The molecule has 0 saturated heterocycles. The molecule has 5 heteroatoms. The first-order valence-corrected chi connectivity index (χ1v) is 6.61. The first-order valence-electron chi connectivity index (χ1n) is 6.23. The van der Waals surface area contributed by atoms with Crippen LogP contribution in [0.3, 0.4) is 0 Å². The van der Waals surface area contributed by atoms with E-state index in [-0.39, 0.29) is 12.3 Å². The minimum Gasteiger partial charge on any atom is -0.397 e. The molecule has 0 fully saturated rings. The third kappa shape index (κ3) is 3.96. The molecule has 0 unspecified atom stereocenters. The summed E-state index contributed by atoms with van der Waals surface area (Å²) in [6.45, 7) is 0.522. The average Bonchev–Trinajstić information content (AvgIpc) is 2.41. The standard InChI is InChI=1S/C15H16ClN3O/c1-19(10-11-3-2-4-12(16)7-11)15(20)8-14-6-5-13(17)9-18-14/h2-7,9H,8,10,17H2,1H3. The molecular weight excluding hydrogens is 274 g/mol. The van der Waals surface area contributed by atoms with E-state index in [0.717, 1.165) is 5.56 Å². The number of likely N-dealkylation sites (N-methyl/N-ethyl adjacent to an activating group) is 1. The van der Waals surface area contributed by atoms with Crippen LogP contribution in [0, 0.1) is 0 Å². The number of carbonyl (C=O) groups excluding carboxylic acids is 1. The van der Waals surface area contributed by atoms with Crippen molar-refractivity contribution in [2.24, 2.45) is 0 Å². The van der Waals surface area contributed by atoms with Crippen LogP contribution in [0.5, 0.6) is 0 Å². The molecule has 1 aromatic heterocycles. The molecule has 0 aliphatic heterocycles. The number of amides is 1. The molecule has 0 aliphatic rings. The van der Waals surface area contributed by atoms with Crippen LogP contribution in [0.25, 0.3) is 0 Å². The minimum absolute atomic E-state index is 0.00208. The summed E-state index contributed by atoms with van der Waals surface area (Å²) < 4.78 is 0. The van der Waals surface area contributed by atoms with E-state index in [1.807, 2.05) is 24.3 Å². The number of benzene rings is 1. The van der Waals surface area contributed by atoms with Crippen molar-refractivity contribution in [2.45, 2.75) is 13.0 Å². The zero-order valence-corrected chi connectivity index (χ0v) is 12.0. The van der Waals surface area contributed by atoms with E-state index in [4.69, 9.17) is 17.3 Å². The average molecular weight is 290 g/mol. The van der Waals surface area contributed by atoms with Crippen LogP contribution in [0.1, 0.15) is 11.3 Å². The lowest BCUT2D eigenvalue weighted by Crippen LogP contribution is -2.28. The van der Waals surface area contributed by atoms with Gasteiger partial charge in [-0.05, 0) is 29.8 Å². The van der Waals surface area contributed by atoms with Crippen molar-refractivity contribution in [3.05, 3.63) is 58.9 Å². The molecule has 2 rings (SSSR count). The van der Waals surface area contributed by atoms with Gasteiger partial charge in [-0.25, -0.2) is 0 Å². The van der Waals surface area contributed by atoms with Crippen molar-refractivity contribution in [1.82, 2.24) is 9.88 Å². The van der Waals surface area contributed by atoms with Gasteiger partial charge >= 0.3 is 0 Å². The smallest absolute Gasteiger partial charge is 0.228 e. The van der Waals surface area contributed by atoms with E-state index in [9.17, 15) is 4.79 Å². The molecule has 1 amide bonds. The summed E-state index contributed by atoms with van der Waals surface area (Å²) in [5.74, 6) is 0.00208. The fourth-order valence-electron chi connectivity index (χ4n) is 1.83. The maximum Gasteiger partial charge on any atom is 0.228 e. The zero-order valence-electron chi connectivity index (χ0n) is 11.2. The van der Waals surface area contributed by atoms with Gasteiger partial charge in [-0.15, -0.1) is 0 Å². The number of hydrogen-bond acceptors (Lipinski definition) is 3. The van der Waals surface area contributed by atoms with Crippen LogP contribution >= 0.6 is 11.6 Å². The predicted molar refractivity (Wildman–Crippen MR) is 80.3 cm³/mol. The third-order valence-electron chi connectivity index (χ3n) is 2.91. The van der Waals surface area contributed by atoms with Crippen LogP contribution < -0.4 is 5.73 Å². The largest absolute Gasteiger partial charge is 0.397 e. The maximum atomic E-state index is 12.1. The van der Waals surface area contributed by atoms with Gasteiger partial charge in [0.25, 0.3) is 0 Å². The number of anilines is 1. The van der Waals surface area contributed by atoms with Crippen LogP contribution in [0.2, 0.25) is 5.02 Å². The highest BCUT2D eigenvalue weighted by Crippen LogP contribution is 2.12. The molecule has 2 aromatic rings. The first kappa shape index (κ1) is 14.3. The van der Waals surface area contributed by atoms with Crippen LogP contribution in [-0.2, 0) is 17.8 Å². The number of rotatable bonds is 4. The Hall–Kier alpha value is -2.07. The highest BCUT2D eigenvalue weighted by atomic mass is 35.5. The second kappa shape index (κ2) is 6.39. The Balaban J connectivity index is 1.96. The lowest BCUT2D eigenvalue weighted by molar-refractivity contribution is -0.129. The molecule has 0 spiro atoms. The van der Waals surface area contributed by atoms with Gasteiger partial charge in [-0.1, -0.05) is 23.7 Å². The molecule has 0 radical (unpaired) electrons. The number of nitrogens with two attached hydrogens (primary N) is 1. The second-order valence-corrected chi connectivity index (χ2v) is 5.08. The first-order chi connectivity index (χ1) is 9.54. The van der Waals surface area contributed by atoms with Gasteiger partial charge in [0.05, 0.1) is 18.3 Å². The van der Waals surface area contributed by atoms with Crippen molar-refractivity contribution in [1.29, 1.82) is 0 Å². The van der Waals surface area contributed by atoms with Gasteiger partial charge in [0.15, 0.2) is 0 Å².